The molecule has 0 unspecified atom stereocenters. The molecule has 6 nitrogen and oxygen atoms in total. The maximum atomic E-state index is 12.4. The quantitative estimate of drug-likeness (QED) is 0.741. The first-order chi connectivity index (χ1) is 12.6. The molecule has 0 bridgehead atoms. The van der Waals surface area contributed by atoms with Gasteiger partial charge in [-0.3, -0.25) is 4.79 Å². The zero-order valence-corrected chi connectivity index (χ0v) is 15.0. The van der Waals surface area contributed by atoms with E-state index in [0.29, 0.717) is 23.6 Å². The molecule has 26 heavy (non-hydrogen) atoms. The third-order valence-electron chi connectivity index (χ3n) is 4.14. The second-order valence-electron chi connectivity index (χ2n) is 5.76. The van der Waals surface area contributed by atoms with Crippen LogP contribution < -0.4 is 14.8 Å². The predicted molar refractivity (Wildman–Crippen MR) is 99.0 cm³/mol. The van der Waals surface area contributed by atoms with Crippen molar-refractivity contribution in [2.24, 2.45) is 0 Å². The SMILES string of the molecule is COc1ccc(C(=O)NCc2ccc(-n3ccnc3C)cc2)cc1OC. The number of methoxy groups -OCH3 is 2. The highest BCUT2D eigenvalue weighted by atomic mass is 16.5. The molecule has 134 valence electrons. The van der Waals surface area contributed by atoms with E-state index in [1.54, 1.807) is 38.6 Å². The molecular weight excluding hydrogens is 330 g/mol. The molecule has 0 spiro atoms. The number of benzene rings is 2. The third kappa shape index (κ3) is 3.69. The standard InChI is InChI=1S/C20H21N3O3/c1-14-21-10-11-23(14)17-7-4-15(5-8-17)13-22-20(24)16-6-9-18(25-2)19(12-16)26-3/h4-12H,13H2,1-3H3,(H,22,24). The predicted octanol–water partition coefficient (Wildman–Crippen LogP) is 3.13. The van der Waals surface area contributed by atoms with Gasteiger partial charge in [-0.1, -0.05) is 12.1 Å². The van der Waals surface area contributed by atoms with E-state index >= 15 is 0 Å². The Bertz CT molecular complexity index is 901. The van der Waals surface area contributed by atoms with Crippen molar-refractivity contribution in [3.63, 3.8) is 0 Å². The molecule has 0 fully saturated rings. The van der Waals surface area contributed by atoms with E-state index in [0.717, 1.165) is 17.1 Å². The summed E-state index contributed by atoms with van der Waals surface area (Å²) in [6.07, 6.45) is 3.69. The minimum absolute atomic E-state index is 0.166. The fourth-order valence-corrected chi connectivity index (χ4v) is 2.69. The number of hydrogen-bond donors (Lipinski definition) is 1. The van der Waals surface area contributed by atoms with Crippen molar-refractivity contribution in [2.75, 3.05) is 14.2 Å². The summed E-state index contributed by atoms with van der Waals surface area (Å²) < 4.78 is 12.4. The number of carbonyl (C=O) groups excluding carboxylic acids is 1. The summed E-state index contributed by atoms with van der Waals surface area (Å²) in [5, 5.41) is 2.92. The lowest BCUT2D eigenvalue weighted by atomic mass is 10.1. The Morgan fingerprint density at radius 1 is 1.08 bits per heavy atom. The van der Waals surface area contributed by atoms with Crippen molar-refractivity contribution in [2.45, 2.75) is 13.5 Å². The smallest absolute Gasteiger partial charge is 0.251 e. The van der Waals surface area contributed by atoms with Gasteiger partial charge in [0.2, 0.25) is 0 Å². The average Bonchev–Trinajstić information content (AvgIpc) is 3.11. The fourth-order valence-electron chi connectivity index (χ4n) is 2.69. The fraction of sp³-hybridized carbons (Fsp3) is 0.200. The van der Waals surface area contributed by atoms with Crippen molar-refractivity contribution in [3.05, 3.63) is 71.8 Å². The van der Waals surface area contributed by atoms with Crippen LogP contribution >= 0.6 is 0 Å². The minimum atomic E-state index is -0.166. The van der Waals surface area contributed by atoms with Crippen molar-refractivity contribution in [1.29, 1.82) is 0 Å². The number of nitrogens with one attached hydrogen (secondary N) is 1. The first-order valence-corrected chi connectivity index (χ1v) is 8.22. The van der Waals surface area contributed by atoms with Crippen LogP contribution in [0, 0.1) is 6.92 Å². The molecule has 0 radical (unpaired) electrons. The summed E-state index contributed by atoms with van der Waals surface area (Å²) in [6, 6.07) is 13.1. The summed E-state index contributed by atoms with van der Waals surface area (Å²) in [5.41, 5.74) is 2.57. The first-order valence-electron chi connectivity index (χ1n) is 8.22. The number of amides is 1. The van der Waals surface area contributed by atoms with Crippen LogP contribution in [0.1, 0.15) is 21.7 Å². The highest BCUT2D eigenvalue weighted by Gasteiger charge is 2.10. The summed E-state index contributed by atoms with van der Waals surface area (Å²) in [6.45, 7) is 2.40. The van der Waals surface area contributed by atoms with Crippen molar-refractivity contribution < 1.29 is 14.3 Å². The molecule has 2 aromatic carbocycles. The van der Waals surface area contributed by atoms with Gasteiger partial charge in [0.1, 0.15) is 5.82 Å². The number of aryl methyl sites for hydroxylation is 1. The molecule has 3 rings (SSSR count). The van der Waals surface area contributed by atoms with Crippen molar-refractivity contribution >= 4 is 5.91 Å². The van der Waals surface area contributed by atoms with E-state index in [9.17, 15) is 4.79 Å². The van der Waals surface area contributed by atoms with Crippen LogP contribution in [-0.2, 0) is 6.54 Å². The summed E-state index contributed by atoms with van der Waals surface area (Å²) in [4.78, 5) is 16.6. The number of aromatic nitrogens is 2. The molecule has 1 aromatic heterocycles. The van der Waals surface area contributed by atoms with E-state index in [4.69, 9.17) is 9.47 Å². The molecule has 3 aromatic rings. The molecule has 0 saturated carbocycles. The summed E-state index contributed by atoms with van der Waals surface area (Å²) in [5.74, 6) is 1.88. The van der Waals surface area contributed by atoms with Crippen LogP contribution in [0.15, 0.2) is 54.9 Å². The number of imidazole rings is 1. The molecular formula is C20H21N3O3. The Hall–Kier alpha value is -3.28. The van der Waals surface area contributed by atoms with E-state index in [2.05, 4.69) is 10.3 Å². The molecule has 6 heteroatoms. The largest absolute Gasteiger partial charge is 0.493 e. The van der Waals surface area contributed by atoms with Gasteiger partial charge >= 0.3 is 0 Å². The lowest BCUT2D eigenvalue weighted by Crippen LogP contribution is -2.22. The van der Waals surface area contributed by atoms with E-state index in [-0.39, 0.29) is 5.91 Å². The zero-order chi connectivity index (χ0) is 18.5. The third-order valence-corrected chi connectivity index (χ3v) is 4.14. The van der Waals surface area contributed by atoms with Crippen LogP contribution in [0.3, 0.4) is 0 Å². The number of nitrogens with zero attached hydrogens (tertiary/aromatic N) is 2. The summed E-state index contributed by atoms with van der Waals surface area (Å²) in [7, 11) is 3.11. The number of rotatable bonds is 6. The molecule has 0 aliphatic carbocycles. The Morgan fingerprint density at radius 3 is 2.42 bits per heavy atom. The lowest BCUT2D eigenvalue weighted by molar-refractivity contribution is 0.0950. The van der Waals surface area contributed by atoms with Crippen LogP contribution in [0.25, 0.3) is 5.69 Å². The molecule has 0 saturated heterocycles. The van der Waals surface area contributed by atoms with Crippen molar-refractivity contribution in [3.8, 4) is 17.2 Å². The van der Waals surface area contributed by atoms with Gasteiger partial charge in [-0.2, -0.15) is 0 Å². The van der Waals surface area contributed by atoms with Crippen LogP contribution in [0.2, 0.25) is 0 Å². The maximum absolute atomic E-state index is 12.4. The normalized spacial score (nSPS) is 10.4. The van der Waals surface area contributed by atoms with Gasteiger partial charge in [-0.15, -0.1) is 0 Å². The van der Waals surface area contributed by atoms with E-state index in [1.165, 1.54) is 0 Å². The van der Waals surface area contributed by atoms with Gasteiger partial charge in [0.05, 0.1) is 14.2 Å². The lowest BCUT2D eigenvalue weighted by Gasteiger charge is -2.10. The van der Waals surface area contributed by atoms with Crippen LogP contribution in [0.4, 0.5) is 0 Å². The van der Waals surface area contributed by atoms with Gasteiger partial charge in [-0.25, -0.2) is 4.98 Å². The molecule has 1 heterocycles. The Morgan fingerprint density at radius 2 is 1.81 bits per heavy atom. The number of carbonyl (C=O) groups is 1. The topological polar surface area (TPSA) is 65.4 Å². The molecule has 0 atom stereocenters. The van der Waals surface area contributed by atoms with Gasteiger partial charge in [0, 0.05) is 30.2 Å². The summed E-state index contributed by atoms with van der Waals surface area (Å²) >= 11 is 0. The monoisotopic (exact) mass is 351 g/mol. The second-order valence-corrected chi connectivity index (χ2v) is 5.76. The minimum Gasteiger partial charge on any atom is -0.493 e. The highest BCUT2D eigenvalue weighted by molar-refractivity contribution is 5.94. The van der Waals surface area contributed by atoms with Crippen LogP contribution in [-0.4, -0.2) is 29.7 Å². The van der Waals surface area contributed by atoms with Crippen LogP contribution in [0.5, 0.6) is 11.5 Å². The maximum Gasteiger partial charge on any atom is 0.251 e. The molecule has 0 aliphatic rings. The molecule has 0 aliphatic heterocycles. The van der Waals surface area contributed by atoms with Gasteiger partial charge in [0.15, 0.2) is 11.5 Å². The Kier molecular flexibility index (Phi) is 5.22. The number of hydrogen-bond acceptors (Lipinski definition) is 4. The molecule has 1 amide bonds. The highest BCUT2D eigenvalue weighted by Crippen LogP contribution is 2.27. The Labute approximate surface area is 152 Å². The first kappa shape index (κ1) is 17.5. The van der Waals surface area contributed by atoms with Gasteiger partial charge in [-0.05, 0) is 42.8 Å². The van der Waals surface area contributed by atoms with Crippen molar-refractivity contribution in [1.82, 2.24) is 14.9 Å². The molecule has 1 N–H and O–H groups in total. The zero-order valence-electron chi connectivity index (χ0n) is 15.0. The Balaban J connectivity index is 1.65. The van der Waals surface area contributed by atoms with Gasteiger partial charge in [0.25, 0.3) is 5.91 Å². The van der Waals surface area contributed by atoms with E-state index < -0.39 is 0 Å². The number of ether oxygens (including phenoxy) is 2. The van der Waals surface area contributed by atoms with Gasteiger partial charge < -0.3 is 19.4 Å². The second kappa shape index (κ2) is 7.74. The average molecular weight is 351 g/mol. The van der Waals surface area contributed by atoms with E-state index in [1.807, 2.05) is 42.0 Å².